The molecule has 5 heteroatoms. The van der Waals surface area contributed by atoms with Gasteiger partial charge in [-0.3, -0.25) is 9.59 Å². The van der Waals surface area contributed by atoms with Gasteiger partial charge in [-0.2, -0.15) is 0 Å². The Labute approximate surface area is 104 Å². The number of nitrogens with zero attached hydrogens (tertiary/aromatic N) is 1. The highest BCUT2D eigenvalue weighted by Gasteiger charge is 2.36. The second-order valence-electron chi connectivity index (χ2n) is 3.77. The number of ketones is 1. The van der Waals surface area contributed by atoms with Crippen LogP contribution in [0.25, 0.3) is 0 Å². The zero-order valence-corrected chi connectivity index (χ0v) is 10.2. The molecular formula is C12H12ClNO3. The number of rotatable bonds is 4. The van der Waals surface area contributed by atoms with Crippen LogP contribution in [0.5, 0.6) is 0 Å². The van der Waals surface area contributed by atoms with Crippen LogP contribution in [0.1, 0.15) is 16.8 Å². The normalized spacial score (nSPS) is 14.4. The van der Waals surface area contributed by atoms with Gasteiger partial charge in [0.25, 0.3) is 11.7 Å². The number of carbonyl (C=O) groups excluding carboxylic acids is 2. The fourth-order valence-electron chi connectivity index (χ4n) is 1.89. The topological polar surface area (TPSA) is 46.6 Å². The van der Waals surface area contributed by atoms with E-state index in [2.05, 4.69) is 0 Å². The standard InChI is InChI=1S/C12H12ClNO3/c1-17-7-3-6-14-9-5-2-4-8(13)10(9)11(15)12(14)16/h2,4-5H,3,6-7H2,1H3. The summed E-state index contributed by atoms with van der Waals surface area (Å²) in [5.74, 6) is -1.03. The molecule has 0 bridgehead atoms. The first kappa shape index (κ1) is 12.1. The van der Waals surface area contributed by atoms with Crippen LogP contribution >= 0.6 is 11.6 Å². The van der Waals surface area contributed by atoms with E-state index in [1.165, 1.54) is 4.90 Å². The Bertz CT molecular complexity index is 473. The molecule has 0 saturated carbocycles. The van der Waals surface area contributed by atoms with Crippen LogP contribution in [0.2, 0.25) is 5.02 Å². The molecule has 4 nitrogen and oxygen atoms in total. The minimum absolute atomic E-state index is 0.316. The maximum atomic E-state index is 11.8. The fourth-order valence-corrected chi connectivity index (χ4v) is 2.15. The number of fused-ring (bicyclic) bond motifs is 1. The summed E-state index contributed by atoms with van der Waals surface area (Å²) in [5.41, 5.74) is 0.917. The third kappa shape index (κ3) is 2.06. The third-order valence-electron chi connectivity index (χ3n) is 2.68. The number of ether oxygens (including phenoxy) is 1. The van der Waals surface area contributed by atoms with E-state index >= 15 is 0 Å². The highest BCUT2D eigenvalue weighted by molar-refractivity contribution is 6.55. The molecule has 0 aromatic heterocycles. The molecule has 17 heavy (non-hydrogen) atoms. The lowest BCUT2D eigenvalue weighted by Gasteiger charge is -2.15. The van der Waals surface area contributed by atoms with E-state index in [4.69, 9.17) is 16.3 Å². The van der Waals surface area contributed by atoms with Crippen molar-refractivity contribution in [3.05, 3.63) is 28.8 Å². The number of anilines is 1. The molecule has 1 heterocycles. The van der Waals surface area contributed by atoms with Crippen molar-refractivity contribution in [2.75, 3.05) is 25.2 Å². The molecule has 0 unspecified atom stereocenters. The molecule has 2 rings (SSSR count). The van der Waals surface area contributed by atoms with Gasteiger partial charge in [-0.1, -0.05) is 17.7 Å². The fraction of sp³-hybridized carbons (Fsp3) is 0.333. The molecule has 0 aliphatic carbocycles. The highest BCUT2D eigenvalue weighted by Crippen LogP contribution is 2.33. The lowest BCUT2D eigenvalue weighted by atomic mass is 10.1. The molecule has 0 spiro atoms. The van der Waals surface area contributed by atoms with Gasteiger partial charge in [0.15, 0.2) is 0 Å². The molecule has 0 fully saturated rings. The molecule has 0 saturated heterocycles. The molecule has 1 aliphatic rings. The van der Waals surface area contributed by atoms with E-state index in [-0.39, 0.29) is 0 Å². The van der Waals surface area contributed by atoms with Crippen LogP contribution in [0.15, 0.2) is 18.2 Å². The zero-order valence-electron chi connectivity index (χ0n) is 9.40. The number of carbonyl (C=O) groups is 2. The van der Waals surface area contributed by atoms with Crippen LogP contribution < -0.4 is 4.90 Å². The largest absolute Gasteiger partial charge is 0.385 e. The number of hydrogen-bond donors (Lipinski definition) is 0. The van der Waals surface area contributed by atoms with Crippen molar-refractivity contribution in [1.29, 1.82) is 0 Å². The average Bonchev–Trinajstić information content (AvgIpc) is 2.55. The van der Waals surface area contributed by atoms with Crippen molar-refractivity contribution in [3.8, 4) is 0 Å². The van der Waals surface area contributed by atoms with Crippen LogP contribution in [-0.2, 0) is 9.53 Å². The minimum atomic E-state index is -0.525. The van der Waals surface area contributed by atoms with Gasteiger partial charge in [0.2, 0.25) is 0 Å². The van der Waals surface area contributed by atoms with Gasteiger partial charge in [-0.15, -0.1) is 0 Å². The third-order valence-corrected chi connectivity index (χ3v) is 2.99. The summed E-state index contributed by atoms with van der Waals surface area (Å²) >= 11 is 5.93. The van der Waals surface area contributed by atoms with Crippen molar-refractivity contribution in [1.82, 2.24) is 0 Å². The van der Waals surface area contributed by atoms with Gasteiger partial charge >= 0.3 is 0 Å². The second kappa shape index (κ2) is 4.85. The molecule has 90 valence electrons. The Balaban J connectivity index is 2.29. The smallest absolute Gasteiger partial charge is 0.299 e. The summed E-state index contributed by atoms with van der Waals surface area (Å²) in [6.07, 6.45) is 0.682. The molecule has 0 atom stereocenters. The van der Waals surface area contributed by atoms with Crippen LogP contribution in [0.3, 0.4) is 0 Å². The first-order valence-electron chi connectivity index (χ1n) is 5.30. The van der Waals surface area contributed by atoms with Gasteiger partial charge in [-0.05, 0) is 18.6 Å². The van der Waals surface area contributed by atoms with E-state index in [0.29, 0.717) is 35.8 Å². The Morgan fingerprint density at radius 1 is 1.35 bits per heavy atom. The second-order valence-corrected chi connectivity index (χ2v) is 4.17. The Kier molecular flexibility index (Phi) is 3.45. The number of amides is 1. The summed E-state index contributed by atoms with van der Waals surface area (Å²) in [6, 6.07) is 5.08. The molecule has 1 aromatic rings. The SMILES string of the molecule is COCCCN1C(=O)C(=O)c2c(Cl)cccc21. The summed E-state index contributed by atoms with van der Waals surface area (Å²) < 4.78 is 4.93. The van der Waals surface area contributed by atoms with Crippen LogP contribution in [0.4, 0.5) is 5.69 Å². The maximum Gasteiger partial charge on any atom is 0.299 e. The Morgan fingerprint density at radius 3 is 2.82 bits per heavy atom. The summed E-state index contributed by atoms with van der Waals surface area (Å²) in [7, 11) is 1.60. The average molecular weight is 254 g/mol. The minimum Gasteiger partial charge on any atom is -0.385 e. The van der Waals surface area contributed by atoms with Gasteiger partial charge in [0, 0.05) is 20.3 Å². The summed E-state index contributed by atoms with van der Waals surface area (Å²) in [6.45, 7) is 1.01. The molecule has 0 N–H and O–H groups in total. The van der Waals surface area contributed by atoms with Crippen molar-refractivity contribution in [2.45, 2.75) is 6.42 Å². The first-order valence-corrected chi connectivity index (χ1v) is 5.68. The van der Waals surface area contributed by atoms with E-state index in [1.807, 2.05) is 0 Å². The van der Waals surface area contributed by atoms with Gasteiger partial charge in [0.05, 0.1) is 16.3 Å². The highest BCUT2D eigenvalue weighted by atomic mass is 35.5. The number of Topliss-reactive ketones (excluding diaryl/α,β-unsaturated/α-hetero) is 1. The maximum absolute atomic E-state index is 11.8. The van der Waals surface area contributed by atoms with Crippen molar-refractivity contribution >= 4 is 29.0 Å². The van der Waals surface area contributed by atoms with Crippen LogP contribution in [-0.4, -0.2) is 32.0 Å². The van der Waals surface area contributed by atoms with Gasteiger partial charge < -0.3 is 9.64 Å². The van der Waals surface area contributed by atoms with E-state index in [9.17, 15) is 9.59 Å². The zero-order chi connectivity index (χ0) is 12.4. The Morgan fingerprint density at radius 2 is 2.12 bits per heavy atom. The lowest BCUT2D eigenvalue weighted by Crippen LogP contribution is -2.31. The van der Waals surface area contributed by atoms with Crippen LogP contribution in [0, 0.1) is 0 Å². The van der Waals surface area contributed by atoms with Crippen molar-refractivity contribution in [2.24, 2.45) is 0 Å². The quantitative estimate of drug-likeness (QED) is 0.608. The molecule has 1 aromatic carbocycles. The van der Waals surface area contributed by atoms with Gasteiger partial charge in [-0.25, -0.2) is 0 Å². The molecule has 1 aliphatic heterocycles. The number of hydrogen-bond acceptors (Lipinski definition) is 3. The van der Waals surface area contributed by atoms with E-state index in [0.717, 1.165) is 0 Å². The number of benzene rings is 1. The molecular weight excluding hydrogens is 242 g/mol. The van der Waals surface area contributed by atoms with E-state index < -0.39 is 11.7 Å². The predicted molar refractivity (Wildman–Crippen MR) is 64.6 cm³/mol. The van der Waals surface area contributed by atoms with Gasteiger partial charge in [0.1, 0.15) is 0 Å². The first-order chi connectivity index (χ1) is 8.16. The summed E-state index contributed by atoms with van der Waals surface area (Å²) in [5, 5.41) is 0.329. The monoisotopic (exact) mass is 253 g/mol. The number of halogens is 1. The molecule has 1 amide bonds. The Hall–Kier alpha value is -1.39. The number of methoxy groups -OCH3 is 1. The molecule has 0 radical (unpaired) electrons. The lowest BCUT2D eigenvalue weighted by molar-refractivity contribution is -0.114. The summed E-state index contributed by atoms with van der Waals surface area (Å²) in [4.78, 5) is 25.0. The predicted octanol–water partition coefficient (Wildman–Crippen LogP) is 1.91. The van der Waals surface area contributed by atoms with E-state index in [1.54, 1.807) is 25.3 Å². The van der Waals surface area contributed by atoms with Crippen molar-refractivity contribution < 1.29 is 14.3 Å². The van der Waals surface area contributed by atoms with Crippen molar-refractivity contribution in [3.63, 3.8) is 0 Å².